The fraction of sp³-hybridized carbons (Fsp3) is 0.133. The molecule has 3 rings (SSSR count). The van der Waals surface area contributed by atoms with Crippen molar-refractivity contribution in [2.75, 3.05) is 0 Å². The number of aryl methyl sites for hydroxylation is 2. The predicted molar refractivity (Wildman–Crippen MR) is 83.7 cm³/mol. The van der Waals surface area contributed by atoms with Crippen molar-refractivity contribution in [3.8, 4) is 11.4 Å². The van der Waals surface area contributed by atoms with Crippen molar-refractivity contribution in [1.29, 1.82) is 0 Å². The molecule has 19 heavy (non-hydrogen) atoms. The van der Waals surface area contributed by atoms with E-state index in [0.717, 1.165) is 37.5 Å². The van der Waals surface area contributed by atoms with Gasteiger partial charge in [-0.3, -0.25) is 0 Å². The zero-order chi connectivity index (χ0) is 13.6. The molecule has 0 spiro atoms. The molecule has 0 aliphatic carbocycles. The van der Waals surface area contributed by atoms with E-state index in [2.05, 4.69) is 45.0 Å². The zero-order valence-corrected chi connectivity index (χ0v) is 12.9. The van der Waals surface area contributed by atoms with E-state index in [-0.39, 0.29) is 0 Å². The zero-order valence-electron chi connectivity index (χ0n) is 10.6. The van der Waals surface area contributed by atoms with Gasteiger partial charge in [0.15, 0.2) is 0 Å². The van der Waals surface area contributed by atoms with E-state index in [1.807, 2.05) is 25.1 Å². The Balaban J connectivity index is 2.20. The van der Waals surface area contributed by atoms with Gasteiger partial charge in [-0.1, -0.05) is 23.7 Å². The Labute approximate surface area is 124 Å². The van der Waals surface area contributed by atoms with Gasteiger partial charge in [0.1, 0.15) is 11.3 Å². The standard InChI is InChI=1S/C15H12BrClN2/c1-8-5-11(16)14-13(6-8)18-15(19-14)10-4-3-9(2)12(17)7-10/h3-7H,1-2H3,(H,18,19). The number of hydrogen-bond acceptors (Lipinski definition) is 1. The van der Waals surface area contributed by atoms with Crippen molar-refractivity contribution < 1.29 is 0 Å². The summed E-state index contributed by atoms with van der Waals surface area (Å²) in [5.74, 6) is 0.836. The van der Waals surface area contributed by atoms with Crippen LogP contribution >= 0.6 is 27.5 Å². The first-order valence-electron chi connectivity index (χ1n) is 5.97. The first kappa shape index (κ1) is 12.7. The highest BCUT2D eigenvalue weighted by molar-refractivity contribution is 9.10. The molecule has 0 bridgehead atoms. The van der Waals surface area contributed by atoms with Crippen LogP contribution in [-0.2, 0) is 0 Å². The van der Waals surface area contributed by atoms with Crippen LogP contribution in [0.15, 0.2) is 34.8 Å². The van der Waals surface area contributed by atoms with Crippen LogP contribution in [0.5, 0.6) is 0 Å². The third kappa shape index (κ3) is 2.28. The summed E-state index contributed by atoms with van der Waals surface area (Å²) in [6.07, 6.45) is 0. The van der Waals surface area contributed by atoms with Gasteiger partial charge in [-0.15, -0.1) is 0 Å². The lowest BCUT2D eigenvalue weighted by atomic mass is 10.1. The van der Waals surface area contributed by atoms with E-state index in [0.29, 0.717) is 0 Å². The summed E-state index contributed by atoms with van der Waals surface area (Å²) < 4.78 is 1.00. The number of aromatic amines is 1. The summed E-state index contributed by atoms with van der Waals surface area (Å²) in [5, 5.41) is 0.758. The number of aromatic nitrogens is 2. The van der Waals surface area contributed by atoms with Crippen molar-refractivity contribution >= 4 is 38.6 Å². The summed E-state index contributed by atoms with van der Waals surface area (Å²) >= 11 is 9.72. The van der Waals surface area contributed by atoms with Crippen LogP contribution in [0.2, 0.25) is 5.02 Å². The molecule has 0 amide bonds. The second kappa shape index (κ2) is 4.66. The Hall–Kier alpha value is -1.32. The van der Waals surface area contributed by atoms with Gasteiger partial charge in [-0.25, -0.2) is 4.98 Å². The SMILES string of the molecule is Cc1cc(Br)c2nc(-c3ccc(C)c(Cl)c3)[nH]c2c1. The Morgan fingerprint density at radius 1 is 1.16 bits per heavy atom. The lowest BCUT2D eigenvalue weighted by Gasteiger charge is -2.00. The topological polar surface area (TPSA) is 28.7 Å². The summed E-state index contributed by atoms with van der Waals surface area (Å²) in [5.41, 5.74) is 5.22. The fourth-order valence-corrected chi connectivity index (χ4v) is 2.93. The maximum atomic E-state index is 6.17. The Bertz CT molecular complexity index is 777. The summed E-state index contributed by atoms with van der Waals surface area (Å²) in [7, 11) is 0. The Morgan fingerprint density at radius 3 is 2.68 bits per heavy atom. The van der Waals surface area contributed by atoms with Crippen molar-refractivity contribution in [3.63, 3.8) is 0 Å². The number of nitrogens with zero attached hydrogens (tertiary/aromatic N) is 1. The molecule has 0 saturated carbocycles. The number of H-pyrrole nitrogens is 1. The summed E-state index contributed by atoms with van der Waals surface area (Å²) in [4.78, 5) is 7.97. The highest BCUT2D eigenvalue weighted by Crippen LogP contribution is 2.29. The molecule has 4 heteroatoms. The highest BCUT2D eigenvalue weighted by Gasteiger charge is 2.09. The van der Waals surface area contributed by atoms with Gasteiger partial charge in [-0.05, 0) is 59.1 Å². The highest BCUT2D eigenvalue weighted by atomic mass is 79.9. The molecule has 0 fully saturated rings. The predicted octanol–water partition coefficient (Wildman–Crippen LogP) is 5.26. The molecule has 0 radical (unpaired) electrons. The van der Waals surface area contributed by atoms with Crippen molar-refractivity contribution in [1.82, 2.24) is 9.97 Å². The molecule has 1 N–H and O–H groups in total. The van der Waals surface area contributed by atoms with Gasteiger partial charge in [-0.2, -0.15) is 0 Å². The molecular weight excluding hydrogens is 324 g/mol. The molecule has 2 nitrogen and oxygen atoms in total. The van der Waals surface area contributed by atoms with Crippen LogP contribution in [0, 0.1) is 13.8 Å². The molecule has 3 aromatic rings. The molecule has 1 aromatic heterocycles. The van der Waals surface area contributed by atoms with Crippen LogP contribution in [0.4, 0.5) is 0 Å². The number of hydrogen-bond donors (Lipinski definition) is 1. The van der Waals surface area contributed by atoms with E-state index >= 15 is 0 Å². The van der Waals surface area contributed by atoms with Gasteiger partial charge < -0.3 is 4.98 Å². The number of imidazole rings is 1. The number of fused-ring (bicyclic) bond motifs is 1. The molecule has 0 aliphatic heterocycles. The first-order valence-corrected chi connectivity index (χ1v) is 7.14. The maximum Gasteiger partial charge on any atom is 0.138 e. The van der Waals surface area contributed by atoms with Crippen LogP contribution in [0.1, 0.15) is 11.1 Å². The van der Waals surface area contributed by atoms with Gasteiger partial charge in [0.25, 0.3) is 0 Å². The number of rotatable bonds is 1. The monoisotopic (exact) mass is 334 g/mol. The van der Waals surface area contributed by atoms with Crippen molar-refractivity contribution in [3.05, 3.63) is 51.0 Å². The second-order valence-corrected chi connectivity index (χ2v) is 5.95. The second-order valence-electron chi connectivity index (χ2n) is 4.69. The molecule has 0 atom stereocenters. The van der Waals surface area contributed by atoms with E-state index in [1.165, 1.54) is 5.56 Å². The fourth-order valence-electron chi connectivity index (χ4n) is 2.09. The Morgan fingerprint density at radius 2 is 1.95 bits per heavy atom. The average Bonchev–Trinajstić information content (AvgIpc) is 2.76. The third-order valence-corrected chi connectivity index (χ3v) is 4.14. The van der Waals surface area contributed by atoms with Crippen LogP contribution in [0.3, 0.4) is 0 Å². The van der Waals surface area contributed by atoms with Gasteiger partial charge in [0.2, 0.25) is 0 Å². The lowest BCUT2D eigenvalue weighted by molar-refractivity contribution is 1.33. The summed E-state index contributed by atoms with van der Waals surface area (Å²) in [6, 6.07) is 10.1. The number of benzene rings is 2. The smallest absolute Gasteiger partial charge is 0.138 e. The van der Waals surface area contributed by atoms with Crippen LogP contribution in [0.25, 0.3) is 22.4 Å². The molecule has 1 heterocycles. The number of halogens is 2. The van der Waals surface area contributed by atoms with Gasteiger partial charge >= 0.3 is 0 Å². The minimum Gasteiger partial charge on any atom is -0.338 e. The number of nitrogens with one attached hydrogen (secondary N) is 1. The molecule has 0 aliphatic rings. The quantitative estimate of drug-likeness (QED) is 0.645. The molecule has 96 valence electrons. The average molecular weight is 336 g/mol. The minimum absolute atomic E-state index is 0.758. The Kier molecular flexibility index (Phi) is 3.11. The van der Waals surface area contributed by atoms with Gasteiger partial charge in [0, 0.05) is 15.1 Å². The van der Waals surface area contributed by atoms with Crippen LogP contribution in [-0.4, -0.2) is 9.97 Å². The summed E-state index contributed by atoms with van der Waals surface area (Å²) in [6.45, 7) is 4.05. The maximum absolute atomic E-state index is 6.17. The molecule has 0 unspecified atom stereocenters. The van der Waals surface area contributed by atoms with Crippen LogP contribution < -0.4 is 0 Å². The normalized spacial score (nSPS) is 11.2. The van der Waals surface area contributed by atoms with E-state index in [1.54, 1.807) is 0 Å². The van der Waals surface area contributed by atoms with Crippen molar-refractivity contribution in [2.24, 2.45) is 0 Å². The molecule has 2 aromatic carbocycles. The van der Waals surface area contributed by atoms with E-state index in [4.69, 9.17) is 11.6 Å². The van der Waals surface area contributed by atoms with E-state index in [9.17, 15) is 0 Å². The minimum atomic E-state index is 0.758. The molecule has 0 saturated heterocycles. The lowest BCUT2D eigenvalue weighted by Crippen LogP contribution is -1.82. The van der Waals surface area contributed by atoms with Crippen molar-refractivity contribution in [2.45, 2.75) is 13.8 Å². The molecular formula is C15H12BrClN2. The largest absolute Gasteiger partial charge is 0.338 e. The third-order valence-electron chi connectivity index (χ3n) is 3.13. The van der Waals surface area contributed by atoms with Gasteiger partial charge in [0.05, 0.1) is 5.52 Å². The van der Waals surface area contributed by atoms with E-state index < -0.39 is 0 Å². The first-order chi connectivity index (χ1) is 9.04.